The number of benzene rings is 1. The van der Waals surface area contributed by atoms with Crippen molar-refractivity contribution < 1.29 is 13.2 Å². The number of nitrogens with one attached hydrogen (secondary N) is 1. The van der Waals surface area contributed by atoms with E-state index in [0.29, 0.717) is 30.7 Å². The van der Waals surface area contributed by atoms with Gasteiger partial charge in [0.2, 0.25) is 11.9 Å². The van der Waals surface area contributed by atoms with Crippen LogP contribution in [-0.2, 0) is 22.9 Å². The molecule has 29 heavy (non-hydrogen) atoms. The molecule has 1 fully saturated rings. The Morgan fingerprint density at radius 2 is 1.93 bits per heavy atom. The van der Waals surface area contributed by atoms with Crippen molar-refractivity contribution in [1.29, 1.82) is 0 Å². The number of β-lactam (4-membered cyclic amide) rings is 1. The van der Waals surface area contributed by atoms with Gasteiger partial charge >= 0.3 is 11.6 Å². The molecule has 1 aromatic carbocycles. The van der Waals surface area contributed by atoms with Crippen molar-refractivity contribution in [1.82, 2.24) is 19.6 Å². The molecule has 1 amide bonds. The maximum atomic E-state index is 11.8. The van der Waals surface area contributed by atoms with Crippen LogP contribution in [0.3, 0.4) is 0 Å². The molecule has 2 aromatic heterocycles. The number of carbonyl (C=O) groups excluding carboxylic acids is 1. The van der Waals surface area contributed by atoms with Crippen molar-refractivity contribution in [2.75, 3.05) is 16.8 Å². The SMILES string of the molecule is Cc1nc(NCc2ccccc2N2CCC2=O)n2ncc(C(C)C)c2n1.O=S=O. The molecule has 1 aliphatic heterocycles. The predicted molar refractivity (Wildman–Crippen MR) is 109 cm³/mol. The molecule has 0 spiro atoms. The highest BCUT2D eigenvalue weighted by atomic mass is 32.1. The Morgan fingerprint density at radius 3 is 2.55 bits per heavy atom. The van der Waals surface area contributed by atoms with E-state index in [0.717, 1.165) is 29.0 Å². The number of amides is 1. The first-order valence-corrected chi connectivity index (χ1v) is 9.89. The normalized spacial score (nSPS) is 13.1. The van der Waals surface area contributed by atoms with Gasteiger partial charge in [-0.3, -0.25) is 4.79 Å². The van der Waals surface area contributed by atoms with Crippen molar-refractivity contribution in [2.45, 2.75) is 39.7 Å². The maximum absolute atomic E-state index is 11.8. The molecule has 3 aromatic rings. The van der Waals surface area contributed by atoms with E-state index in [4.69, 9.17) is 8.42 Å². The van der Waals surface area contributed by atoms with Crippen molar-refractivity contribution in [3.05, 3.63) is 47.4 Å². The summed E-state index contributed by atoms with van der Waals surface area (Å²) in [6.07, 6.45) is 2.48. The largest absolute Gasteiger partial charge is 0.350 e. The summed E-state index contributed by atoms with van der Waals surface area (Å²) in [5.74, 6) is 1.87. The van der Waals surface area contributed by atoms with Gasteiger partial charge in [0.25, 0.3) is 0 Å². The Morgan fingerprint density at radius 1 is 1.21 bits per heavy atom. The molecule has 10 heteroatoms. The number of para-hydroxylation sites is 1. The second-order valence-electron chi connectivity index (χ2n) is 6.93. The van der Waals surface area contributed by atoms with Crippen LogP contribution in [-0.4, -0.2) is 40.5 Å². The first-order valence-electron chi connectivity index (χ1n) is 9.22. The minimum absolute atomic E-state index is 0.173. The molecule has 0 radical (unpaired) electrons. The van der Waals surface area contributed by atoms with Crippen LogP contribution in [0.2, 0.25) is 0 Å². The summed E-state index contributed by atoms with van der Waals surface area (Å²) in [7, 11) is 0. The van der Waals surface area contributed by atoms with Gasteiger partial charge in [-0.2, -0.15) is 23.0 Å². The Balaban J connectivity index is 0.000000755. The van der Waals surface area contributed by atoms with E-state index in [-0.39, 0.29) is 5.91 Å². The number of aryl methyl sites for hydroxylation is 1. The minimum atomic E-state index is -0.750. The zero-order chi connectivity index (χ0) is 21.0. The second kappa shape index (κ2) is 8.91. The lowest BCUT2D eigenvalue weighted by Crippen LogP contribution is -2.44. The molecule has 0 bridgehead atoms. The summed E-state index contributed by atoms with van der Waals surface area (Å²) < 4.78 is 18.3. The molecule has 3 heterocycles. The van der Waals surface area contributed by atoms with Crippen molar-refractivity contribution in [3.63, 3.8) is 0 Å². The highest BCUT2D eigenvalue weighted by Gasteiger charge is 2.26. The third-order valence-corrected chi connectivity index (χ3v) is 4.70. The second-order valence-corrected chi connectivity index (χ2v) is 7.07. The highest BCUT2D eigenvalue weighted by Crippen LogP contribution is 2.27. The molecule has 0 unspecified atom stereocenters. The number of rotatable bonds is 5. The lowest BCUT2D eigenvalue weighted by atomic mass is 10.1. The average molecular weight is 414 g/mol. The third kappa shape index (κ3) is 4.32. The van der Waals surface area contributed by atoms with Crippen LogP contribution >= 0.6 is 0 Å². The van der Waals surface area contributed by atoms with Crippen molar-refractivity contribution >= 4 is 34.8 Å². The summed E-state index contributed by atoms with van der Waals surface area (Å²) in [6, 6.07) is 7.96. The summed E-state index contributed by atoms with van der Waals surface area (Å²) in [5, 5.41) is 7.82. The van der Waals surface area contributed by atoms with E-state index < -0.39 is 11.6 Å². The van der Waals surface area contributed by atoms with Crippen molar-refractivity contribution in [2.24, 2.45) is 0 Å². The third-order valence-electron chi connectivity index (χ3n) is 4.70. The van der Waals surface area contributed by atoms with Crippen molar-refractivity contribution in [3.8, 4) is 0 Å². The summed E-state index contributed by atoms with van der Waals surface area (Å²) in [4.78, 5) is 22.7. The summed E-state index contributed by atoms with van der Waals surface area (Å²) >= 11 is -0.750. The summed E-state index contributed by atoms with van der Waals surface area (Å²) in [6.45, 7) is 7.48. The number of fused-ring (bicyclic) bond motifs is 1. The van der Waals surface area contributed by atoms with Crippen LogP contribution in [0.5, 0.6) is 0 Å². The molecule has 1 saturated heterocycles. The number of hydrogen-bond donors (Lipinski definition) is 1. The molecule has 0 saturated carbocycles. The van der Waals surface area contributed by atoms with Crippen LogP contribution in [0.1, 0.15) is 43.1 Å². The van der Waals surface area contributed by atoms with Gasteiger partial charge in [0.15, 0.2) is 5.65 Å². The van der Waals surface area contributed by atoms with Gasteiger partial charge in [-0.25, -0.2) is 4.98 Å². The molecule has 4 rings (SSSR count). The van der Waals surface area contributed by atoms with E-state index >= 15 is 0 Å². The Hall–Kier alpha value is -3.14. The quantitative estimate of drug-likeness (QED) is 0.638. The zero-order valence-corrected chi connectivity index (χ0v) is 17.3. The average Bonchev–Trinajstić information content (AvgIpc) is 3.10. The lowest BCUT2D eigenvalue weighted by Gasteiger charge is -2.32. The molecule has 152 valence electrons. The highest BCUT2D eigenvalue weighted by molar-refractivity contribution is 7.51. The van der Waals surface area contributed by atoms with E-state index in [1.54, 1.807) is 4.52 Å². The fourth-order valence-corrected chi connectivity index (χ4v) is 3.19. The van der Waals surface area contributed by atoms with E-state index in [2.05, 4.69) is 34.2 Å². The number of anilines is 2. The molecular formula is C19H22N6O3S. The fourth-order valence-electron chi connectivity index (χ4n) is 3.19. The van der Waals surface area contributed by atoms with Gasteiger partial charge in [-0.1, -0.05) is 32.0 Å². The van der Waals surface area contributed by atoms with Gasteiger partial charge in [-0.15, -0.1) is 0 Å². The number of hydrogen-bond acceptors (Lipinski definition) is 7. The Labute approximate surface area is 171 Å². The van der Waals surface area contributed by atoms with E-state index in [9.17, 15) is 4.79 Å². The number of aromatic nitrogens is 4. The standard InChI is InChI=1S/C19H22N6O.O2S/c1-12(2)15-11-21-25-18(15)22-13(3)23-19(25)20-10-14-6-4-5-7-16(14)24-9-8-17(24)26;1-3-2/h4-7,11-12H,8-10H2,1-3H3,(H,20,22,23);. The molecular weight excluding hydrogens is 392 g/mol. The predicted octanol–water partition coefficient (Wildman–Crippen LogP) is 2.23. The molecule has 0 atom stereocenters. The Bertz CT molecular complexity index is 1070. The monoisotopic (exact) mass is 414 g/mol. The van der Waals surface area contributed by atoms with Gasteiger partial charge in [0.1, 0.15) is 5.82 Å². The first kappa shape index (κ1) is 20.6. The number of nitrogens with zero attached hydrogens (tertiary/aromatic N) is 5. The number of carbonyl (C=O) groups is 1. The van der Waals surface area contributed by atoms with Crippen LogP contribution in [0.15, 0.2) is 30.5 Å². The molecule has 0 aliphatic carbocycles. The van der Waals surface area contributed by atoms with Gasteiger partial charge in [0.05, 0.1) is 6.20 Å². The van der Waals surface area contributed by atoms with Crippen LogP contribution in [0.25, 0.3) is 5.65 Å². The zero-order valence-electron chi connectivity index (χ0n) is 16.5. The minimum Gasteiger partial charge on any atom is -0.350 e. The topological polar surface area (TPSA) is 110 Å². The van der Waals surface area contributed by atoms with Gasteiger partial charge < -0.3 is 10.2 Å². The fraction of sp³-hybridized carbons (Fsp3) is 0.368. The van der Waals surface area contributed by atoms with Crippen LogP contribution in [0.4, 0.5) is 11.6 Å². The van der Waals surface area contributed by atoms with E-state index in [1.807, 2.05) is 42.3 Å². The smallest absolute Gasteiger partial charge is 0.335 e. The molecule has 9 nitrogen and oxygen atoms in total. The lowest BCUT2D eigenvalue weighted by molar-refractivity contribution is -0.122. The molecule has 1 N–H and O–H groups in total. The van der Waals surface area contributed by atoms with Gasteiger partial charge in [-0.05, 0) is 24.5 Å². The van der Waals surface area contributed by atoms with E-state index in [1.165, 1.54) is 0 Å². The maximum Gasteiger partial charge on any atom is 0.335 e. The van der Waals surface area contributed by atoms with Crippen LogP contribution in [0, 0.1) is 6.92 Å². The van der Waals surface area contributed by atoms with Crippen LogP contribution < -0.4 is 10.2 Å². The van der Waals surface area contributed by atoms with Gasteiger partial charge in [0, 0.05) is 30.8 Å². The molecule has 1 aliphatic rings. The Kier molecular flexibility index (Phi) is 6.32. The first-order chi connectivity index (χ1) is 14.0. The summed E-state index contributed by atoms with van der Waals surface area (Å²) in [5.41, 5.74) is 3.95.